The summed E-state index contributed by atoms with van der Waals surface area (Å²) >= 11 is 5.96. The van der Waals surface area contributed by atoms with Crippen LogP contribution in [0, 0.1) is 5.92 Å². The van der Waals surface area contributed by atoms with Crippen molar-refractivity contribution in [3.05, 3.63) is 28.8 Å². The van der Waals surface area contributed by atoms with Crippen LogP contribution in [0.4, 0.5) is 8.78 Å². The summed E-state index contributed by atoms with van der Waals surface area (Å²) in [5.74, 6) is 0.350. The lowest BCUT2D eigenvalue weighted by Crippen LogP contribution is -2.46. The summed E-state index contributed by atoms with van der Waals surface area (Å²) < 4.78 is 34.4. The number of ether oxygens (including phenoxy) is 2. The van der Waals surface area contributed by atoms with Crippen molar-refractivity contribution in [2.24, 2.45) is 5.92 Å². The second kappa shape index (κ2) is 7.11. The highest BCUT2D eigenvalue weighted by atomic mass is 35.5. The van der Waals surface area contributed by atoms with Gasteiger partial charge in [0.15, 0.2) is 5.78 Å². The largest absolute Gasteiger partial charge is 0.433 e. The first-order valence-electron chi connectivity index (χ1n) is 7.64. The SMILES string of the molecule is O=C(C1CC1)C1CN(Cc2ccc(OC(F)F)c(Cl)c2)CCO1. The van der Waals surface area contributed by atoms with Crippen LogP contribution in [0.3, 0.4) is 0 Å². The predicted molar refractivity (Wildman–Crippen MR) is 80.8 cm³/mol. The maximum atomic E-state index is 12.2. The van der Waals surface area contributed by atoms with E-state index in [0.717, 1.165) is 24.9 Å². The van der Waals surface area contributed by atoms with Crippen LogP contribution in [0.15, 0.2) is 18.2 Å². The van der Waals surface area contributed by atoms with E-state index in [0.29, 0.717) is 19.7 Å². The van der Waals surface area contributed by atoms with E-state index in [4.69, 9.17) is 16.3 Å². The first-order chi connectivity index (χ1) is 11.0. The summed E-state index contributed by atoms with van der Waals surface area (Å²) in [6, 6.07) is 4.76. The minimum absolute atomic E-state index is 0.0332. The molecule has 0 aromatic heterocycles. The van der Waals surface area contributed by atoms with Crippen LogP contribution in [0.25, 0.3) is 0 Å². The summed E-state index contributed by atoms with van der Waals surface area (Å²) in [7, 11) is 0. The normalized spacial score (nSPS) is 22.3. The molecule has 3 rings (SSSR count). The Hall–Kier alpha value is -1.24. The van der Waals surface area contributed by atoms with Crippen LogP contribution in [-0.4, -0.2) is 43.1 Å². The van der Waals surface area contributed by atoms with Gasteiger partial charge < -0.3 is 9.47 Å². The Balaban J connectivity index is 1.60. The Morgan fingerprint density at radius 2 is 2.22 bits per heavy atom. The zero-order valence-electron chi connectivity index (χ0n) is 12.5. The van der Waals surface area contributed by atoms with E-state index in [9.17, 15) is 13.6 Å². The molecular weight excluding hydrogens is 328 g/mol. The molecule has 1 aliphatic carbocycles. The number of Topliss-reactive ketones (excluding diaryl/α,β-unsaturated/α-hetero) is 1. The number of carbonyl (C=O) groups is 1. The summed E-state index contributed by atoms with van der Waals surface area (Å²) in [4.78, 5) is 14.2. The van der Waals surface area contributed by atoms with Gasteiger partial charge in [-0.05, 0) is 30.5 Å². The standard InChI is InChI=1S/C16H18ClF2NO3/c17-12-7-10(1-4-13(12)23-16(18)19)8-20-5-6-22-14(9-20)15(21)11-2-3-11/h1,4,7,11,14,16H,2-3,5-6,8-9H2. The van der Waals surface area contributed by atoms with Crippen molar-refractivity contribution in [2.45, 2.75) is 32.1 Å². The fourth-order valence-corrected chi connectivity index (χ4v) is 2.99. The van der Waals surface area contributed by atoms with Crippen LogP contribution in [-0.2, 0) is 16.1 Å². The Morgan fingerprint density at radius 1 is 1.43 bits per heavy atom. The molecule has 1 unspecified atom stereocenters. The predicted octanol–water partition coefficient (Wildman–Crippen LogP) is 3.12. The highest BCUT2D eigenvalue weighted by Gasteiger charge is 2.37. The van der Waals surface area contributed by atoms with Crippen LogP contribution >= 0.6 is 11.6 Å². The number of halogens is 3. The van der Waals surface area contributed by atoms with Crippen molar-refractivity contribution >= 4 is 17.4 Å². The van der Waals surface area contributed by atoms with Crippen molar-refractivity contribution in [1.82, 2.24) is 4.90 Å². The van der Waals surface area contributed by atoms with E-state index in [1.165, 1.54) is 6.07 Å². The molecule has 0 bridgehead atoms. The molecule has 126 valence electrons. The molecule has 1 heterocycles. The molecule has 4 nitrogen and oxygen atoms in total. The zero-order valence-corrected chi connectivity index (χ0v) is 13.3. The van der Waals surface area contributed by atoms with Gasteiger partial charge in [0.2, 0.25) is 0 Å². The van der Waals surface area contributed by atoms with Gasteiger partial charge in [-0.3, -0.25) is 9.69 Å². The third-order valence-electron chi connectivity index (χ3n) is 4.07. The van der Waals surface area contributed by atoms with Crippen LogP contribution in [0.5, 0.6) is 5.75 Å². The van der Waals surface area contributed by atoms with Gasteiger partial charge in [0.1, 0.15) is 11.9 Å². The second-order valence-electron chi connectivity index (χ2n) is 5.91. The summed E-state index contributed by atoms with van der Waals surface area (Å²) in [5.41, 5.74) is 0.885. The topological polar surface area (TPSA) is 38.8 Å². The highest BCUT2D eigenvalue weighted by Crippen LogP contribution is 2.32. The number of morpholine rings is 1. The van der Waals surface area contributed by atoms with Crippen molar-refractivity contribution in [3.8, 4) is 5.75 Å². The average Bonchev–Trinajstić information content (AvgIpc) is 3.34. The van der Waals surface area contributed by atoms with E-state index in [1.54, 1.807) is 12.1 Å². The minimum Gasteiger partial charge on any atom is -0.433 e. The van der Waals surface area contributed by atoms with Gasteiger partial charge in [-0.2, -0.15) is 8.78 Å². The molecule has 0 radical (unpaired) electrons. The molecule has 0 N–H and O–H groups in total. The fraction of sp³-hybridized carbons (Fsp3) is 0.562. The van der Waals surface area contributed by atoms with Crippen molar-refractivity contribution in [1.29, 1.82) is 0 Å². The lowest BCUT2D eigenvalue weighted by molar-refractivity contribution is -0.137. The summed E-state index contributed by atoms with van der Waals surface area (Å²) in [5, 5.41) is 0.154. The molecule has 1 aromatic rings. The number of rotatable bonds is 6. The Kier molecular flexibility index (Phi) is 5.14. The Labute approximate surface area is 138 Å². The molecule has 0 spiro atoms. The minimum atomic E-state index is -2.90. The molecule has 0 amide bonds. The van der Waals surface area contributed by atoms with Crippen molar-refractivity contribution in [3.63, 3.8) is 0 Å². The molecule has 2 aliphatic rings. The number of hydrogen-bond acceptors (Lipinski definition) is 4. The van der Waals surface area contributed by atoms with E-state index < -0.39 is 6.61 Å². The highest BCUT2D eigenvalue weighted by molar-refractivity contribution is 6.32. The quantitative estimate of drug-likeness (QED) is 0.794. The van der Waals surface area contributed by atoms with Gasteiger partial charge in [-0.1, -0.05) is 17.7 Å². The van der Waals surface area contributed by atoms with Crippen molar-refractivity contribution in [2.75, 3.05) is 19.7 Å². The number of ketones is 1. The smallest absolute Gasteiger partial charge is 0.387 e. The lowest BCUT2D eigenvalue weighted by Gasteiger charge is -2.32. The summed E-state index contributed by atoms with van der Waals surface area (Å²) in [6.45, 7) is -0.508. The zero-order chi connectivity index (χ0) is 16.4. The number of nitrogens with zero attached hydrogens (tertiary/aromatic N) is 1. The van der Waals surface area contributed by atoms with Gasteiger partial charge in [-0.25, -0.2) is 0 Å². The van der Waals surface area contributed by atoms with E-state index in [2.05, 4.69) is 9.64 Å². The molecule has 1 atom stereocenters. The third-order valence-corrected chi connectivity index (χ3v) is 4.36. The molecular formula is C16H18ClF2NO3. The molecule has 23 heavy (non-hydrogen) atoms. The van der Waals surface area contributed by atoms with Crippen LogP contribution in [0.1, 0.15) is 18.4 Å². The molecule has 7 heteroatoms. The molecule has 1 aliphatic heterocycles. The van der Waals surface area contributed by atoms with E-state index in [1.807, 2.05) is 0 Å². The van der Waals surface area contributed by atoms with Gasteiger partial charge in [-0.15, -0.1) is 0 Å². The first kappa shape index (κ1) is 16.6. The van der Waals surface area contributed by atoms with Crippen LogP contribution in [0.2, 0.25) is 5.02 Å². The molecule has 1 saturated carbocycles. The molecule has 1 saturated heterocycles. The third kappa shape index (κ3) is 4.40. The van der Waals surface area contributed by atoms with E-state index >= 15 is 0 Å². The number of benzene rings is 1. The Bertz CT molecular complexity index is 580. The molecule has 1 aromatic carbocycles. The van der Waals surface area contributed by atoms with Crippen molar-refractivity contribution < 1.29 is 23.0 Å². The van der Waals surface area contributed by atoms with Gasteiger partial charge in [0.05, 0.1) is 11.6 Å². The van der Waals surface area contributed by atoms with Gasteiger partial charge >= 0.3 is 6.61 Å². The maximum Gasteiger partial charge on any atom is 0.387 e. The fourth-order valence-electron chi connectivity index (χ4n) is 2.74. The van der Waals surface area contributed by atoms with Gasteiger partial charge in [0.25, 0.3) is 0 Å². The first-order valence-corrected chi connectivity index (χ1v) is 8.01. The molecule has 2 fully saturated rings. The Morgan fingerprint density at radius 3 is 2.87 bits per heavy atom. The number of hydrogen-bond donors (Lipinski definition) is 0. The maximum absolute atomic E-state index is 12.2. The average molecular weight is 346 g/mol. The number of alkyl halides is 2. The second-order valence-corrected chi connectivity index (χ2v) is 6.32. The van der Waals surface area contributed by atoms with E-state index in [-0.39, 0.29) is 28.6 Å². The van der Waals surface area contributed by atoms with Crippen LogP contribution < -0.4 is 4.74 Å². The monoisotopic (exact) mass is 345 g/mol. The number of carbonyl (C=O) groups excluding carboxylic acids is 1. The lowest BCUT2D eigenvalue weighted by atomic mass is 10.1. The summed E-state index contributed by atoms with van der Waals surface area (Å²) in [6.07, 6.45) is 1.59. The van der Waals surface area contributed by atoms with Gasteiger partial charge in [0, 0.05) is 25.6 Å².